The normalized spacial score (nSPS) is 14.6. The van der Waals surface area contributed by atoms with E-state index in [4.69, 9.17) is 0 Å². The van der Waals surface area contributed by atoms with Crippen molar-refractivity contribution in [3.8, 4) is 0 Å². The van der Waals surface area contributed by atoms with Gasteiger partial charge in [0.05, 0.1) is 23.8 Å². The van der Waals surface area contributed by atoms with Crippen LogP contribution in [0.2, 0.25) is 0 Å². The first-order chi connectivity index (χ1) is 9.22. The summed E-state index contributed by atoms with van der Waals surface area (Å²) in [5, 5.41) is 7.48. The smallest absolute Gasteiger partial charge is 0.143 e. The molecule has 4 nitrogen and oxygen atoms in total. The molecular formula is C14H10FN3O. The molecule has 19 heavy (non-hydrogen) atoms. The lowest BCUT2D eigenvalue weighted by molar-refractivity contribution is -0.117. The van der Waals surface area contributed by atoms with Gasteiger partial charge in [0, 0.05) is 18.4 Å². The number of Topliss-reactive ketones (excluding diaryl/α,β-unsaturated/α-hetero) is 1. The molecular weight excluding hydrogens is 245 g/mol. The lowest BCUT2D eigenvalue weighted by Gasteiger charge is -2.02. The maximum Gasteiger partial charge on any atom is 0.143 e. The first-order valence-corrected chi connectivity index (χ1v) is 5.87. The molecule has 1 aromatic heterocycles. The SMILES string of the molecule is O=C1CC(c2ccnnc2)=Nc2ccc(F)cc2C1. The van der Waals surface area contributed by atoms with Crippen molar-refractivity contribution in [2.75, 3.05) is 0 Å². The fourth-order valence-electron chi connectivity index (χ4n) is 2.08. The summed E-state index contributed by atoms with van der Waals surface area (Å²) in [6, 6.07) is 6.07. The minimum Gasteiger partial charge on any atom is -0.299 e. The quantitative estimate of drug-likeness (QED) is 0.785. The maximum absolute atomic E-state index is 13.2. The number of hydrogen-bond acceptors (Lipinski definition) is 4. The number of benzene rings is 1. The Hall–Kier alpha value is -2.43. The predicted molar refractivity (Wildman–Crippen MR) is 68.0 cm³/mol. The third kappa shape index (κ3) is 2.40. The molecule has 1 aromatic carbocycles. The van der Waals surface area contributed by atoms with Crippen LogP contribution in [0, 0.1) is 5.82 Å². The molecule has 1 aliphatic heterocycles. The second kappa shape index (κ2) is 4.68. The number of hydrogen-bond donors (Lipinski definition) is 0. The molecule has 0 unspecified atom stereocenters. The first kappa shape index (κ1) is 11.6. The minimum atomic E-state index is -0.351. The summed E-state index contributed by atoms with van der Waals surface area (Å²) in [5.74, 6) is -0.337. The molecule has 0 aliphatic carbocycles. The molecule has 0 bridgehead atoms. The Kier molecular flexibility index (Phi) is 2.87. The molecule has 0 fully saturated rings. The summed E-state index contributed by atoms with van der Waals surface area (Å²) < 4.78 is 13.2. The number of aromatic nitrogens is 2. The van der Waals surface area contributed by atoms with Crippen molar-refractivity contribution in [1.29, 1.82) is 0 Å². The second-order valence-electron chi connectivity index (χ2n) is 4.35. The van der Waals surface area contributed by atoms with Crippen LogP contribution in [-0.2, 0) is 11.2 Å². The van der Waals surface area contributed by atoms with Crippen molar-refractivity contribution in [2.45, 2.75) is 12.8 Å². The van der Waals surface area contributed by atoms with Gasteiger partial charge in [0.15, 0.2) is 0 Å². The van der Waals surface area contributed by atoms with Crippen LogP contribution >= 0.6 is 0 Å². The second-order valence-corrected chi connectivity index (χ2v) is 4.35. The fraction of sp³-hybridized carbons (Fsp3) is 0.143. The van der Waals surface area contributed by atoms with Crippen LogP contribution in [-0.4, -0.2) is 21.7 Å². The third-order valence-electron chi connectivity index (χ3n) is 2.97. The summed E-state index contributed by atoms with van der Waals surface area (Å²) in [7, 11) is 0. The van der Waals surface area contributed by atoms with E-state index in [0.717, 1.165) is 5.56 Å². The number of nitrogens with zero attached hydrogens (tertiary/aromatic N) is 3. The molecule has 5 heteroatoms. The summed E-state index contributed by atoms with van der Waals surface area (Å²) in [6.45, 7) is 0. The lowest BCUT2D eigenvalue weighted by atomic mass is 10.0. The Bertz CT molecular complexity index is 668. The van der Waals surface area contributed by atoms with E-state index in [1.807, 2.05) is 0 Å². The molecule has 0 amide bonds. The molecule has 3 rings (SSSR count). The van der Waals surface area contributed by atoms with Crippen molar-refractivity contribution in [2.24, 2.45) is 4.99 Å². The number of rotatable bonds is 1. The van der Waals surface area contributed by atoms with Crippen LogP contribution in [0.3, 0.4) is 0 Å². The molecule has 0 N–H and O–H groups in total. The van der Waals surface area contributed by atoms with Gasteiger partial charge in [-0.05, 0) is 29.8 Å². The van der Waals surface area contributed by atoms with E-state index in [1.165, 1.54) is 12.1 Å². The van der Waals surface area contributed by atoms with Crippen molar-refractivity contribution < 1.29 is 9.18 Å². The van der Waals surface area contributed by atoms with Gasteiger partial charge in [-0.3, -0.25) is 9.79 Å². The molecule has 0 spiro atoms. The molecule has 0 saturated carbocycles. The number of fused-ring (bicyclic) bond motifs is 1. The molecule has 2 aromatic rings. The summed E-state index contributed by atoms with van der Waals surface area (Å²) >= 11 is 0. The highest BCUT2D eigenvalue weighted by Crippen LogP contribution is 2.26. The summed E-state index contributed by atoms with van der Waals surface area (Å²) in [5.41, 5.74) is 2.67. The van der Waals surface area contributed by atoms with Gasteiger partial charge in [-0.15, -0.1) is 0 Å². The van der Waals surface area contributed by atoms with Gasteiger partial charge in [0.2, 0.25) is 0 Å². The average molecular weight is 255 g/mol. The molecule has 2 heterocycles. The standard InChI is InChI=1S/C14H10FN3O/c15-11-1-2-13-10(5-11)6-12(19)7-14(18-13)9-3-4-16-17-8-9/h1-5,8H,6-7H2. The highest BCUT2D eigenvalue weighted by molar-refractivity contribution is 6.13. The van der Waals surface area contributed by atoms with Crippen LogP contribution in [0.1, 0.15) is 17.5 Å². The van der Waals surface area contributed by atoms with Gasteiger partial charge >= 0.3 is 0 Å². The van der Waals surface area contributed by atoms with E-state index in [2.05, 4.69) is 15.2 Å². The highest BCUT2D eigenvalue weighted by Gasteiger charge is 2.18. The van der Waals surface area contributed by atoms with E-state index < -0.39 is 0 Å². The predicted octanol–water partition coefficient (Wildman–Crippen LogP) is 2.25. The van der Waals surface area contributed by atoms with E-state index in [-0.39, 0.29) is 24.4 Å². The van der Waals surface area contributed by atoms with Crippen LogP contribution in [0.4, 0.5) is 10.1 Å². The Morgan fingerprint density at radius 1 is 1.11 bits per heavy atom. The van der Waals surface area contributed by atoms with E-state index in [9.17, 15) is 9.18 Å². The van der Waals surface area contributed by atoms with Crippen LogP contribution in [0.5, 0.6) is 0 Å². The van der Waals surface area contributed by atoms with Gasteiger partial charge < -0.3 is 0 Å². The number of carbonyl (C=O) groups excluding carboxylic acids is 1. The molecule has 1 aliphatic rings. The van der Waals surface area contributed by atoms with E-state index in [1.54, 1.807) is 24.5 Å². The number of halogens is 1. The van der Waals surface area contributed by atoms with Crippen LogP contribution in [0.15, 0.2) is 41.7 Å². The number of carbonyl (C=O) groups is 1. The fourth-order valence-corrected chi connectivity index (χ4v) is 2.08. The van der Waals surface area contributed by atoms with Crippen molar-refractivity contribution in [3.63, 3.8) is 0 Å². The summed E-state index contributed by atoms with van der Waals surface area (Å²) in [4.78, 5) is 16.4. The Morgan fingerprint density at radius 3 is 2.79 bits per heavy atom. The molecule has 0 atom stereocenters. The van der Waals surface area contributed by atoms with Crippen LogP contribution in [0.25, 0.3) is 0 Å². The van der Waals surface area contributed by atoms with E-state index in [0.29, 0.717) is 17.0 Å². The Morgan fingerprint density at radius 2 is 2.00 bits per heavy atom. The van der Waals surface area contributed by atoms with Gasteiger partial charge in [-0.1, -0.05) is 0 Å². The van der Waals surface area contributed by atoms with Gasteiger partial charge in [-0.2, -0.15) is 10.2 Å². The molecule has 0 saturated heterocycles. The van der Waals surface area contributed by atoms with Gasteiger partial charge in [0.25, 0.3) is 0 Å². The van der Waals surface area contributed by atoms with Gasteiger partial charge in [-0.25, -0.2) is 4.39 Å². The molecule has 0 radical (unpaired) electrons. The topological polar surface area (TPSA) is 55.2 Å². The maximum atomic E-state index is 13.2. The monoisotopic (exact) mass is 255 g/mol. The van der Waals surface area contributed by atoms with E-state index >= 15 is 0 Å². The third-order valence-corrected chi connectivity index (χ3v) is 2.97. The molecule has 94 valence electrons. The van der Waals surface area contributed by atoms with Crippen molar-refractivity contribution in [1.82, 2.24) is 10.2 Å². The lowest BCUT2D eigenvalue weighted by Crippen LogP contribution is -2.09. The van der Waals surface area contributed by atoms with Crippen LogP contribution < -0.4 is 0 Å². The Labute approximate surface area is 109 Å². The van der Waals surface area contributed by atoms with Gasteiger partial charge in [0.1, 0.15) is 11.6 Å². The Balaban J connectivity index is 2.11. The largest absolute Gasteiger partial charge is 0.299 e. The number of aliphatic imine (C=N–C) groups is 1. The zero-order valence-corrected chi connectivity index (χ0v) is 10.0. The van der Waals surface area contributed by atoms with Crippen molar-refractivity contribution in [3.05, 3.63) is 53.6 Å². The zero-order chi connectivity index (χ0) is 13.2. The zero-order valence-electron chi connectivity index (χ0n) is 10.0. The summed E-state index contributed by atoms with van der Waals surface area (Å²) in [6.07, 6.45) is 3.56. The minimum absolute atomic E-state index is 0.0138. The number of ketones is 1. The average Bonchev–Trinajstić information content (AvgIpc) is 2.57. The highest BCUT2D eigenvalue weighted by atomic mass is 19.1. The first-order valence-electron chi connectivity index (χ1n) is 5.87. The van der Waals surface area contributed by atoms with Crippen molar-refractivity contribution >= 4 is 17.2 Å².